The lowest BCUT2D eigenvalue weighted by molar-refractivity contribution is 0.892. The Kier molecular flexibility index (Phi) is 12.9. The van der Waals surface area contributed by atoms with Crippen LogP contribution in [0.4, 0.5) is 0 Å². The van der Waals surface area contributed by atoms with Gasteiger partial charge in [0.2, 0.25) is 17.8 Å². The number of nitrogens with zero attached hydrogens (tertiary/aromatic N) is 12. The first-order valence-electron chi connectivity index (χ1n) is 36.4. The van der Waals surface area contributed by atoms with E-state index in [1.54, 1.807) is 0 Å². The SMILES string of the molecule is c1ccc(-c2nc(-n3c4ccccc4c4cc(-n5c6ccccc6c6ccccc65)ccc43)nc(-n3c4ccccc4c4cc(-n5c6ccccc6c6c(-c7ccc(-n8c9ccccc9c9c8ccc8c%10ccccc%10n(-c%10nc(-c%11ccccc%11)nc(-c%11ccccc%11)n%10)c89)cc7)cccc65)ccc43)n2)cc1. The van der Waals surface area contributed by atoms with Crippen LogP contribution in [0.15, 0.2) is 352 Å². The zero-order valence-corrected chi connectivity index (χ0v) is 57.9. The van der Waals surface area contributed by atoms with Gasteiger partial charge in [-0.3, -0.25) is 13.7 Å². The summed E-state index contributed by atoms with van der Waals surface area (Å²) in [6.07, 6.45) is 0. The van der Waals surface area contributed by atoms with Crippen molar-refractivity contribution >= 4 is 131 Å². The molecule has 0 N–H and O–H groups in total. The highest BCUT2D eigenvalue weighted by Crippen LogP contribution is 2.46. The van der Waals surface area contributed by atoms with Crippen LogP contribution in [0, 0.1) is 0 Å². The number of hydrogen-bond acceptors (Lipinski definition) is 6. The van der Waals surface area contributed by atoms with Gasteiger partial charge < -0.3 is 13.7 Å². The van der Waals surface area contributed by atoms with Crippen molar-refractivity contribution in [1.82, 2.24) is 57.3 Å². The maximum atomic E-state index is 5.58. The molecule has 0 aliphatic rings. The van der Waals surface area contributed by atoms with Gasteiger partial charge in [0.1, 0.15) is 0 Å². The fourth-order valence-electron chi connectivity index (χ4n) is 17.3. The van der Waals surface area contributed by atoms with Crippen LogP contribution in [0.3, 0.4) is 0 Å². The quantitative estimate of drug-likeness (QED) is 0.135. The molecule has 0 radical (unpaired) electrons. The smallest absolute Gasteiger partial charge is 0.240 e. The second kappa shape index (κ2) is 23.3. The molecule has 0 aliphatic heterocycles. The number of para-hydroxylation sites is 7. The van der Waals surface area contributed by atoms with Crippen molar-refractivity contribution in [1.29, 1.82) is 0 Å². The summed E-state index contributed by atoms with van der Waals surface area (Å²) in [5.74, 6) is 3.38. The molecule has 8 heterocycles. The number of hydrogen-bond donors (Lipinski definition) is 0. The van der Waals surface area contributed by atoms with Gasteiger partial charge in [-0.05, 0) is 114 Å². The maximum absolute atomic E-state index is 5.58. The molecule has 0 aliphatic carbocycles. The lowest BCUT2D eigenvalue weighted by Gasteiger charge is -2.13. The summed E-state index contributed by atoms with van der Waals surface area (Å²) in [4.78, 5) is 32.2. The fourth-order valence-corrected chi connectivity index (χ4v) is 17.3. The molecule has 23 rings (SSSR count). The Morgan fingerprint density at radius 1 is 0.167 bits per heavy atom. The van der Waals surface area contributed by atoms with Crippen molar-refractivity contribution < 1.29 is 0 Å². The van der Waals surface area contributed by atoms with Crippen molar-refractivity contribution in [2.24, 2.45) is 0 Å². The highest BCUT2D eigenvalue weighted by molar-refractivity contribution is 6.26. The molecule has 0 saturated heterocycles. The van der Waals surface area contributed by atoms with Crippen molar-refractivity contribution in [3.63, 3.8) is 0 Å². The maximum Gasteiger partial charge on any atom is 0.240 e. The zero-order chi connectivity index (χ0) is 70.7. The van der Waals surface area contributed by atoms with Gasteiger partial charge in [0.25, 0.3) is 0 Å². The number of fused-ring (bicyclic) bond motifs is 19. The van der Waals surface area contributed by atoms with Crippen LogP contribution in [0.1, 0.15) is 0 Å². The molecule has 0 atom stereocenters. The van der Waals surface area contributed by atoms with E-state index in [0.717, 1.165) is 154 Å². The van der Waals surface area contributed by atoms with Gasteiger partial charge in [0, 0.05) is 98.4 Å². The standard InChI is InChI=1S/C96H58N12/c1-4-25-60(26-5-1)91-97-92(61-27-6-2-7-28-61)99-94(98-91)108-81-43-21-12-33-69(81)72-53-56-87-89(90(72)108)74-37-16-23-45-83(74)103(87)63-49-47-59(48-50-63)66-38-24-46-86-88(66)73-36-15-22-44-82(73)105(86)65-52-55-85-76(58-65)71-35-14-20-42-80(71)107(85)96-101-93(62-29-8-3-9-30-62)100-95(102-96)106-79-41-19-13-34-70(79)75-57-64(51-54-84(75)106)104-77-39-17-10-31-67(77)68-32-11-18-40-78(68)104/h1-58H. The van der Waals surface area contributed by atoms with Gasteiger partial charge in [-0.15, -0.1) is 0 Å². The second-order valence-electron chi connectivity index (χ2n) is 27.8. The van der Waals surface area contributed by atoms with Gasteiger partial charge in [0.05, 0.1) is 66.2 Å². The van der Waals surface area contributed by atoms with Gasteiger partial charge in [-0.1, -0.05) is 249 Å². The van der Waals surface area contributed by atoms with Crippen LogP contribution in [0.2, 0.25) is 0 Å². The van der Waals surface area contributed by atoms with E-state index >= 15 is 0 Å². The first-order chi connectivity index (χ1) is 53.6. The second-order valence-corrected chi connectivity index (χ2v) is 27.8. The van der Waals surface area contributed by atoms with Gasteiger partial charge in [-0.2, -0.15) is 24.9 Å². The van der Waals surface area contributed by atoms with E-state index in [-0.39, 0.29) is 0 Å². The lowest BCUT2D eigenvalue weighted by Crippen LogP contribution is -2.10. The largest absolute Gasteiger partial charge is 0.309 e. The molecule has 0 fully saturated rings. The average Bonchev–Trinajstić information content (AvgIpc) is 1.56. The summed E-state index contributed by atoms with van der Waals surface area (Å²) >= 11 is 0. The van der Waals surface area contributed by atoms with Crippen LogP contribution in [-0.2, 0) is 0 Å². The Labute approximate surface area is 616 Å². The summed E-state index contributed by atoms with van der Waals surface area (Å²) in [6, 6.07) is 125. The number of benzene rings is 15. The summed E-state index contributed by atoms with van der Waals surface area (Å²) < 4.78 is 13.9. The van der Waals surface area contributed by atoms with Crippen molar-refractivity contribution in [2.75, 3.05) is 0 Å². The lowest BCUT2D eigenvalue weighted by atomic mass is 9.99. The summed E-state index contributed by atoms with van der Waals surface area (Å²) in [5, 5.41) is 13.6. The van der Waals surface area contributed by atoms with Crippen LogP contribution in [0.25, 0.3) is 211 Å². The predicted octanol–water partition coefficient (Wildman–Crippen LogP) is 23.3. The minimum absolute atomic E-state index is 0.518. The van der Waals surface area contributed by atoms with E-state index in [1.165, 1.54) is 21.5 Å². The molecule has 12 heteroatoms. The van der Waals surface area contributed by atoms with E-state index in [1.807, 2.05) is 54.6 Å². The molecule has 23 aromatic rings. The molecule has 0 bridgehead atoms. The van der Waals surface area contributed by atoms with Gasteiger partial charge >= 0.3 is 0 Å². The Hall–Kier alpha value is -14.9. The van der Waals surface area contributed by atoms with Crippen LogP contribution in [0.5, 0.6) is 0 Å². The molecule has 502 valence electrons. The molecule has 12 nitrogen and oxygen atoms in total. The number of aromatic nitrogens is 12. The molecular weight excluding hydrogens is 1320 g/mol. The van der Waals surface area contributed by atoms with Crippen molar-refractivity contribution in [3.8, 4) is 80.2 Å². The summed E-state index contributed by atoms with van der Waals surface area (Å²) in [6.45, 7) is 0. The molecule has 15 aromatic carbocycles. The molecule has 0 unspecified atom stereocenters. The van der Waals surface area contributed by atoms with Crippen LogP contribution >= 0.6 is 0 Å². The van der Waals surface area contributed by atoms with E-state index in [4.69, 9.17) is 29.9 Å². The third kappa shape index (κ3) is 8.85. The minimum Gasteiger partial charge on any atom is -0.309 e. The molecule has 0 saturated carbocycles. The zero-order valence-electron chi connectivity index (χ0n) is 57.9. The monoisotopic (exact) mass is 1380 g/mol. The third-order valence-electron chi connectivity index (χ3n) is 21.9. The van der Waals surface area contributed by atoms with Gasteiger partial charge in [0.15, 0.2) is 17.5 Å². The molecule has 108 heavy (non-hydrogen) atoms. The highest BCUT2D eigenvalue weighted by atomic mass is 15.3. The number of rotatable bonds is 10. The fraction of sp³-hybridized carbons (Fsp3) is 0. The molecule has 0 amide bonds. The highest BCUT2D eigenvalue weighted by Gasteiger charge is 2.27. The normalized spacial score (nSPS) is 12.1. The Balaban J connectivity index is 0.655. The van der Waals surface area contributed by atoms with Crippen molar-refractivity contribution in [2.45, 2.75) is 0 Å². The predicted molar refractivity (Wildman–Crippen MR) is 441 cm³/mol. The molecule has 0 spiro atoms. The van der Waals surface area contributed by atoms with E-state index in [0.29, 0.717) is 35.3 Å². The van der Waals surface area contributed by atoms with Crippen LogP contribution < -0.4 is 0 Å². The van der Waals surface area contributed by atoms with E-state index in [9.17, 15) is 0 Å². The summed E-state index contributed by atoms with van der Waals surface area (Å²) in [5.41, 5.74) is 20.9. The Morgan fingerprint density at radius 3 is 0.963 bits per heavy atom. The van der Waals surface area contributed by atoms with E-state index in [2.05, 4.69) is 325 Å². The van der Waals surface area contributed by atoms with Crippen LogP contribution in [-0.4, -0.2) is 57.3 Å². The third-order valence-corrected chi connectivity index (χ3v) is 21.9. The first-order valence-corrected chi connectivity index (χ1v) is 36.4. The molecular formula is C96H58N12. The summed E-state index contributed by atoms with van der Waals surface area (Å²) in [7, 11) is 0. The van der Waals surface area contributed by atoms with Crippen molar-refractivity contribution in [3.05, 3.63) is 352 Å². The Morgan fingerprint density at radius 2 is 0.481 bits per heavy atom. The first kappa shape index (κ1) is 59.6. The van der Waals surface area contributed by atoms with E-state index < -0.39 is 0 Å². The average molecular weight is 1380 g/mol. The van der Waals surface area contributed by atoms with Gasteiger partial charge in [-0.25, -0.2) is 4.98 Å². The topological polar surface area (TPSA) is 107 Å². The molecule has 8 aromatic heterocycles. The Bertz CT molecular complexity index is 7560. The minimum atomic E-state index is 0.518.